The van der Waals surface area contributed by atoms with Crippen molar-refractivity contribution in [3.8, 4) is 0 Å². The SMILES string of the molecule is CCCc1ccc(C(O)c2cnn(CCC)c2)cc1. The molecule has 1 aromatic heterocycles. The van der Waals surface area contributed by atoms with Gasteiger partial charge in [-0.3, -0.25) is 4.68 Å². The van der Waals surface area contributed by atoms with Gasteiger partial charge in [-0.2, -0.15) is 5.10 Å². The molecule has 0 bridgehead atoms. The summed E-state index contributed by atoms with van der Waals surface area (Å²) in [5.41, 5.74) is 3.10. The molecule has 1 N–H and O–H groups in total. The number of aliphatic hydroxyl groups is 1. The third kappa shape index (κ3) is 3.44. The Labute approximate surface area is 114 Å². The normalized spacial score (nSPS) is 12.6. The molecule has 19 heavy (non-hydrogen) atoms. The number of benzene rings is 1. The first-order valence-corrected chi connectivity index (χ1v) is 7.03. The molecule has 1 heterocycles. The zero-order valence-electron chi connectivity index (χ0n) is 11.7. The van der Waals surface area contributed by atoms with Crippen LogP contribution in [0, 0.1) is 0 Å². The number of rotatable bonds is 6. The van der Waals surface area contributed by atoms with Crippen molar-refractivity contribution >= 4 is 0 Å². The van der Waals surface area contributed by atoms with E-state index in [9.17, 15) is 5.11 Å². The lowest BCUT2D eigenvalue weighted by Crippen LogP contribution is -1.99. The third-order valence-corrected chi connectivity index (χ3v) is 3.26. The third-order valence-electron chi connectivity index (χ3n) is 3.26. The second-order valence-electron chi connectivity index (χ2n) is 4.93. The molecule has 0 saturated heterocycles. The van der Waals surface area contributed by atoms with Crippen molar-refractivity contribution in [2.75, 3.05) is 0 Å². The van der Waals surface area contributed by atoms with Crippen molar-refractivity contribution in [3.05, 3.63) is 53.3 Å². The molecule has 0 aliphatic heterocycles. The maximum absolute atomic E-state index is 10.3. The fourth-order valence-corrected chi connectivity index (χ4v) is 2.22. The Kier molecular flexibility index (Phi) is 4.74. The molecule has 0 aliphatic carbocycles. The van der Waals surface area contributed by atoms with Gasteiger partial charge in [-0.15, -0.1) is 0 Å². The quantitative estimate of drug-likeness (QED) is 0.863. The summed E-state index contributed by atoms with van der Waals surface area (Å²) in [5.74, 6) is 0. The van der Waals surface area contributed by atoms with E-state index in [0.717, 1.165) is 36.9 Å². The smallest absolute Gasteiger partial charge is 0.107 e. The van der Waals surface area contributed by atoms with E-state index in [1.807, 2.05) is 23.0 Å². The van der Waals surface area contributed by atoms with Gasteiger partial charge in [-0.1, -0.05) is 44.5 Å². The maximum Gasteiger partial charge on any atom is 0.107 e. The summed E-state index contributed by atoms with van der Waals surface area (Å²) < 4.78 is 1.88. The molecule has 1 unspecified atom stereocenters. The van der Waals surface area contributed by atoms with E-state index in [0.29, 0.717) is 0 Å². The number of aliphatic hydroxyl groups excluding tert-OH is 1. The fourth-order valence-electron chi connectivity index (χ4n) is 2.22. The van der Waals surface area contributed by atoms with Gasteiger partial charge in [0, 0.05) is 18.3 Å². The van der Waals surface area contributed by atoms with Crippen LogP contribution in [0.15, 0.2) is 36.7 Å². The molecule has 1 atom stereocenters. The molecule has 3 heteroatoms. The number of aromatic nitrogens is 2. The molecular formula is C16H22N2O. The minimum Gasteiger partial charge on any atom is -0.384 e. The molecule has 102 valence electrons. The van der Waals surface area contributed by atoms with Crippen LogP contribution in [-0.2, 0) is 13.0 Å². The summed E-state index contributed by atoms with van der Waals surface area (Å²) in [4.78, 5) is 0. The largest absolute Gasteiger partial charge is 0.384 e. The van der Waals surface area contributed by atoms with Gasteiger partial charge in [0.1, 0.15) is 6.10 Å². The van der Waals surface area contributed by atoms with E-state index >= 15 is 0 Å². The zero-order valence-corrected chi connectivity index (χ0v) is 11.7. The van der Waals surface area contributed by atoms with Crippen LogP contribution in [0.1, 0.15) is 49.5 Å². The van der Waals surface area contributed by atoms with Crippen LogP contribution in [0.4, 0.5) is 0 Å². The summed E-state index contributed by atoms with van der Waals surface area (Å²) in [7, 11) is 0. The zero-order chi connectivity index (χ0) is 13.7. The Morgan fingerprint density at radius 2 is 1.84 bits per heavy atom. The fraction of sp³-hybridized carbons (Fsp3) is 0.438. The lowest BCUT2D eigenvalue weighted by molar-refractivity contribution is 0.220. The van der Waals surface area contributed by atoms with Crippen LogP contribution < -0.4 is 0 Å². The molecule has 0 saturated carbocycles. The van der Waals surface area contributed by atoms with Gasteiger partial charge in [0.25, 0.3) is 0 Å². The highest BCUT2D eigenvalue weighted by atomic mass is 16.3. The lowest BCUT2D eigenvalue weighted by atomic mass is 10.0. The first-order valence-electron chi connectivity index (χ1n) is 7.03. The van der Waals surface area contributed by atoms with Crippen molar-refractivity contribution in [1.82, 2.24) is 9.78 Å². The Balaban J connectivity index is 2.11. The van der Waals surface area contributed by atoms with Crippen molar-refractivity contribution in [2.24, 2.45) is 0 Å². The van der Waals surface area contributed by atoms with Gasteiger partial charge < -0.3 is 5.11 Å². The van der Waals surface area contributed by atoms with Gasteiger partial charge >= 0.3 is 0 Å². The van der Waals surface area contributed by atoms with Crippen LogP contribution >= 0.6 is 0 Å². The van der Waals surface area contributed by atoms with Crippen LogP contribution in [0.3, 0.4) is 0 Å². The standard InChI is InChI=1S/C16H22N2O/c1-3-5-13-6-8-14(9-7-13)16(19)15-11-17-18(12-15)10-4-2/h6-9,11-12,16,19H,3-5,10H2,1-2H3. The predicted octanol–water partition coefficient (Wildman–Crippen LogP) is 3.33. The number of hydrogen-bond donors (Lipinski definition) is 1. The lowest BCUT2D eigenvalue weighted by Gasteiger charge is -2.09. The van der Waals surface area contributed by atoms with Gasteiger partial charge in [0.2, 0.25) is 0 Å². The Hall–Kier alpha value is -1.61. The maximum atomic E-state index is 10.3. The summed E-state index contributed by atoms with van der Waals surface area (Å²) in [6, 6.07) is 8.21. The molecule has 2 rings (SSSR count). The minimum atomic E-state index is -0.582. The first kappa shape index (κ1) is 13.8. The number of nitrogens with zero attached hydrogens (tertiary/aromatic N) is 2. The number of hydrogen-bond acceptors (Lipinski definition) is 2. The Morgan fingerprint density at radius 1 is 1.11 bits per heavy atom. The van der Waals surface area contributed by atoms with Crippen molar-refractivity contribution < 1.29 is 5.11 Å². The summed E-state index contributed by atoms with van der Waals surface area (Å²) in [6.07, 6.45) is 6.37. The van der Waals surface area contributed by atoms with Crippen LogP contribution in [0.25, 0.3) is 0 Å². The molecule has 0 aliphatic rings. The highest BCUT2D eigenvalue weighted by Crippen LogP contribution is 2.22. The summed E-state index contributed by atoms with van der Waals surface area (Å²) >= 11 is 0. The first-order chi connectivity index (χ1) is 9.24. The Morgan fingerprint density at radius 3 is 2.47 bits per heavy atom. The summed E-state index contributed by atoms with van der Waals surface area (Å²) in [5, 5.41) is 14.6. The highest BCUT2D eigenvalue weighted by molar-refractivity contribution is 5.30. The average molecular weight is 258 g/mol. The molecule has 0 amide bonds. The minimum absolute atomic E-state index is 0.582. The molecule has 1 aromatic carbocycles. The molecule has 2 aromatic rings. The molecule has 0 spiro atoms. The monoisotopic (exact) mass is 258 g/mol. The van der Waals surface area contributed by atoms with Gasteiger partial charge in [-0.05, 0) is 24.0 Å². The van der Waals surface area contributed by atoms with E-state index in [1.54, 1.807) is 6.20 Å². The molecule has 0 radical (unpaired) electrons. The van der Waals surface area contributed by atoms with E-state index in [-0.39, 0.29) is 0 Å². The van der Waals surface area contributed by atoms with E-state index in [1.165, 1.54) is 5.56 Å². The van der Waals surface area contributed by atoms with Crippen LogP contribution in [0.5, 0.6) is 0 Å². The second-order valence-corrected chi connectivity index (χ2v) is 4.93. The van der Waals surface area contributed by atoms with Gasteiger partial charge in [-0.25, -0.2) is 0 Å². The van der Waals surface area contributed by atoms with Gasteiger partial charge in [0.05, 0.1) is 6.20 Å². The Bertz CT molecular complexity index is 502. The van der Waals surface area contributed by atoms with Crippen LogP contribution in [-0.4, -0.2) is 14.9 Å². The van der Waals surface area contributed by atoms with Crippen molar-refractivity contribution in [3.63, 3.8) is 0 Å². The van der Waals surface area contributed by atoms with E-state index in [2.05, 4.69) is 31.1 Å². The molecular weight excluding hydrogens is 236 g/mol. The van der Waals surface area contributed by atoms with Crippen molar-refractivity contribution in [1.29, 1.82) is 0 Å². The van der Waals surface area contributed by atoms with Gasteiger partial charge in [0.15, 0.2) is 0 Å². The highest BCUT2D eigenvalue weighted by Gasteiger charge is 2.12. The molecule has 3 nitrogen and oxygen atoms in total. The molecule has 0 fully saturated rings. The summed E-state index contributed by atoms with van der Waals surface area (Å²) in [6.45, 7) is 5.18. The average Bonchev–Trinajstić information content (AvgIpc) is 2.88. The second kappa shape index (κ2) is 6.53. The number of aryl methyl sites for hydroxylation is 2. The van der Waals surface area contributed by atoms with E-state index in [4.69, 9.17) is 0 Å². The van der Waals surface area contributed by atoms with Crippen molar-refractivity contribution in [2.45, 2.75) is 45.8 Å². The topological polar surface area (TPSA) is 38.1 Å². The van der Waals surface area contributed by atoms with Crippen LogP contribution in [0.2, 0.25) is 0 Å². The predicted molar refractivity (Wildman–Crippen MR) is 77.0 cm³/mol. The van der Waals surface area contributed by atoms with E-state index < -0.39 is 6.10 Å².